The molecule has 1 amide bonds. The van der Waals surface area contributed by atoms with Crippen molar-refractivity contribution in [3.05, 3.63) is 36.2 Å². The molecule has 0 bridgehead atoms. The van der Waals surface area contributed by atoms with Crippen molar-refractivity contribution in [3.63, 3.8) is 0 Å². The molecule has 3 rings (SSSR count). The van der Waals surface area contributed by atoms with Crippen molar-refractivity contribution in [1.29, 1.82) is 0 Å². The van der Waals surface area contributed by atoms with Gasteiger partial charge in [-0.25, -0.2) is 9.37 Å². The predicted octanol–water partition coefficient (Wildman–Crippen LogP) is 2.99. The van der Waals surface area contributed by atoms with Crippen LogP contribution in [-0.2, 0) is 11.2 Å². The van der Waals surface area contributed by atoms with Crippen LogP contribution < -0.4 is 9.64 Å². The van der Waals surface area contributed by atoms with E-state index in [1.54, 1.807) is 38.4 Å². The van der Waals surface area contributed by atoms with Crippen LogP contribution in [0.15, 0.2) is 30.5 Å². The lowest BCUT2D eigenvalue weighted by molar-refractivity contribution is -0.118. The normalized spacial score (nSPS) is 20.1. The number of carbonyl (C=O) groups excluding carboxylic acids is 1. The summed E-state index contributed by atoms with van der Waals surface area (Å²) in [6.07, 6.45) is 0.869. The van der Waals surface area contributed by atoms with Crippen LogP contribution in [-0.4, -0.2) is 29.3 Å². The Balaban J connectivity index is 2.01. The van der Waals surface area contributed by atoms with Gasteiger partial charge >= 0.3 is 0 Å². The number of aromatic nitrogens is 2. The molecule has 1 aliphatic heterocycles. The van der Waals surface area contributed by atoms with Gasteiger partial charge in [0.15, 0.2) is 6.30 Å². The number of hydrogen-bond acceptors (Lipinski definition) is 4. The summed E-state index contributed by atoms with van der Waals surface area (Å²) in [4.78, 5) is 21.7. The van der Waals surface area contributed by atoms with E-state index in [0.29, 0.717) is 18.0 Å². The number of alkyl halides is 1. The van der Waals surface area contributed by atoms with Crippen molar-refractivity contribution in [2.24, 2.45) is 5.92 Å². The van der Waals surface area contributed by atoms with E-state index in [9.17, 15) is 9.18 Å². The van der Waals surface area contributed by atoms with Gasteiger partial charge in [-0.2, -0.15) is 0 Å². The van der Waals surface area contributed by atoms with Crippen LogP contribution in [0.1, 0.15) is 19.5 Å². The molecule has 0 N–H and O–H groups in total. The molecule has 0 aromatic carbocycles. The number of rotatable bonds is 2. The Bertz CT molecular complexity index is 733. The van der Waals surface area contributed by atoms with Crippen molar-refractivity contribution in [2.45, 2.75) is 26.6 Å². The van der Waals surface area contributed by atoms with Crippen LogP contribution in [0.2, 0.25) is 0 Å². The highest BCUT2D eigenvalue weighted by Crippen LogP contribution is 2.35. The van der Waals surface area contributed by atoms with E-state index >= 15 is 0 Å². The lowest BCUT2D eigenvalue weighted by atomic mass is 9.96. The summed E-state index contributed by atoms with van der Waals surface area (Å²) in [5.41, 5.74) is 2.87. The molecule has 1 unspecified atom stereocenters. The molecule has 6 heteroatoms. The van der Waals surface area contributed by atoms with Gasteiger partial charge in [0.05, 0.1) is 24.2 Å². The molecule has 3 heterocycles. The highest BCUT2D eigenvalue weighted by atomic mass is 19.1. The van der Waals surface area contributed by atoms with Crippen LogP contribution in [0.5, 0.6) is 5.88 Å². The minimum absolute atomic E-state index is 0.289. The van der Waals surface area contributed by atoms with E-state index in [-0.39, 0.29) is 11.8 Å². The smallest absolute Gasteiger partial charge is 0.226 e. The Labute approximate surface area is 134 Å². The molecule has 1 aliphatic rings. The van der Waals surface area contributed by atoms with Gasteiger partial charge in [-0.3, -0.25) is 14.7 Å². The van der Waals surface area contributed by atoms with Gasteiger partial charge in [0.25, 0.3) is 0 Å². The number of hydrogen-bond donors (Lipinski definition) is 0. The summed E-state index contributed by atoms with van der Waals surface area (Å²) in [5.74, 6) is -0.0718. The Hall–Kier alpha value is -2.50. The zero-order valence-corrected chi connectivity index (χ0v) is 13.3. The second-order valence-corrected chi connectivity index (χ2v) is 5.69. The summed E-state index contributed by atoms with van der Waals surface area (Å²) in [6, 6.07) is 7.16. The molecule has 0 saturated carbocycles. The second-order valence-electron chi connectivity index (χ2n) is 5.69. The molecule has 2 atom stereocenters. The maximum Gasteiger partial charge on any atom is 0.226 e. The molecular formula is C17H18FN3O2. The molecule has 2 aromatic heterocycles. The van der Waals surface area contributed by atoms with Crippen molar-refractivity contribution in [2.75, 3.05) is 12.0 Å². The van der Waals surface area contributed by atoms with Crippen LogP contribution in [0.4, 0.5) is 10.1 Å². The molecule has 0 spiro atoms. The average Bonchev–Trinajstić information content (AvgIpc) is 2.55. The van der Waals surface area contributed by atoms with Gasteiger partial charge in [-0.1, -0.05) is 6.92 Å². The number of carbonyl (C=O) groups is 1. The predicted molar refractivity (Wildman–Crippen MR) is 84.9 cm³/mol. The number of ether oxygens (including phenoxy) is 1. The minimum Gasteiger partial charge on any atom is -0.481 e. The third-order valence-corrected chi connectivity index (χ3v) is 4.02. The van der Waals surface area contributed by atoms with Crippen LogP contribution in [0.3, 0.4) is 0 Å². The second kappa shape index (κ2) is 5.95. The van der Waals surface area contributed by atoms with Gasteiger partial charge in [0, 0.05) is 30.7 Å². The highest BCUT2D eigenvalue weighted by molar-refractivity contribution is 5.93. The fraction of sp³-hybridized carbons (Fsp3) is 0.353. The molecule has 0 fully saturated rings. The highest BCUT2D eigenvalue weighted by Gasteiger charge is 2.35. The van der Waals surface area contributed by atoms with Gasteiger partial charge in [0.2, 0.25) is 11.8 Å². The average molecular weight is 315 g/mol. The Morgan fingerprint density at radius 3 is 2.74 bits per heavy atom. The minimum atomic E-state index is -1.31. The first-order valence-electron chi connectivity index (χ1n) is 7.45. The van der Waals surface area contributed by atoms with Gasteiger partial charge in [0.1, 0.15) is 0 Å². The molecular weight excluding hydrogens is 297 g/mol. The summed E-state index contributed by atoms with van der Waals surface area (Å²) >= 11 is 0. The van der Waals surface area contributed by atoms with Crippen LogP contribution in [0.25, 0.3) is 11.3 Å². The number of halogens is 1. The first kappa shape index (κ1) is 15.4. The van der Waals surface area contributed by atoms with Crippen molar-refractivity contribution in [3.8, 4) is 17.1 Å². The van der Waals surface area contributed by atoms with E-state index in [2.05, 4.69) is 9.97 Å². The third-order valence-electron chi connectivity index (χ3n) is 4.02. The van der Waals surface area contributed by atoms with E-state index in [0.717, 1.165) is 17.0 Å². The Kier molecular flexibility index (Phi) is 3.98. The third kappa shape index (κ3) is 2.76. The van der Waals surface area contributed by atoms with Gasteiger partial charge < -0.3 is 4.74 Å². The van der Waals surface area contributed by atoms with Gasteiger partial charge in [-0.05, 0) is 24.6 Å². The largest absolute Gasteiger partial charge is 0.481 e. The van der Waals surface area contributed by atoms with Crippen LogP contribution >= 0.6 is 0 Å². The molecule has 0 aliphatic carbocycles. The lowest BCUT2D eigenvalue weighted by Crippen LogP contribution is -2.44. The first-order chi connectivity index (χ1) is 11.0. The fourth-order valence-corrected chi connectivity index (χ4v) is 2.81. The van der Waals surface area contributed by atoms with Crippen LogP contribution in [0, 0.1) is 5.92 Å². The number of fused-ring (bicyclic) bond motifs is 1. The molecule has 2 aromatic rings. The molecule has 23 heavy (non-hydrogen) atoms. The number of amides is 1. The number of pyridine rings is 2. The first-order valence-corrected chi connectivity index (χ1v) is 7.45. The zero-order valence-electron chi connectivity index (χ0n) is 13.3. The Morgan fingerprint density at radius 1 is 1.35 bits per heavy atom. The summed E-state index contributed by atoms with van der Waals surface area (Å²) in [6.45, 7) is 3.16. The SMILES string of the molecule is COc1ccc(-c2ccc3c(n2)CC(C)[C@H](F)N3C(C)=O)cn1. The monoisotopic (exact) mass is 315 g/mol. The van der Waals surface area contributed by atoms with E-state index in [1.807, 2.05) is 6.07 Å². The topological polar surface area (TPSA) is 55.3 Å². The Morgan fingerprint density at radius 2 is 2.13 bits per heavy atom. The standard InChI is InChI=1S/C17H18FN3O2/c1-10-8-14-15(21(11(2)22)17(10)18)6-5-13(20-14)12-4-7-16(23-3)19-9-12/h4-7,9-10,17H,8H2,1-3H3/t10?,17-/m1/s1. The number of anilines is 1. The van der Waals surface area contributed by atoms with E-state index in [1.165, 1.54) is 11.8 Å². The van der Waals surface area contributed by atoms with E-state index in [4.69, 9.17) is 4.74 Å². The van der Waals surface area contributed by atoms with Gasteiger partial charge in [-0.15, -0.1) is 0 Å². The fourth-order valence-electron chi connectivity index (χ4n) is 2.81. The van der Waals surface area contributed by atoms with Crippen molar-refractivity contribution in [1.82, 2.24) is 9.97 Å². The zero-order chi connectivity index (χ0) is 16.6. The van der Waals surface area contributed by atoms with Crippen molar-refractivity contribution < 1.29 is 13.9 Å². The van der Waals surface area contributed by atoms with E-state index < -0.39 is 6.30 Å². The maximum atomic E-state index is 14.3. The number of methoxy groups -OCH3 is 1. The number of nitrogens with zero attached hydrogens (tertiary/aromatic N) is 3. The molecule has 120 valence electrons. The summed E-state index contributed by atoms with van der Waals surface area (Å²) < 4.78 is 19.4. The summed E-state index contributed by atoms with van der Waals surface area (Å²) in [7, 11) is 1.56. The lowest BCUT2D eigenvalue weighted by Gasteiger charge is -2.35. The maximum absolute atomic E-state index is 14.3. The molecule has 0 radical (unpaired) electrons. The summed E-state index contributed by atoms with van der Waals surface area (Å²) in [5, 5.41) is 0. The molecule has 0 saturated heterocycles. The van der Waals surface area contributed by atoms with Crippen molar-refractivity contribution >= 4 is 11.6 Å². The molecule has 5 nitrogen and oxygen atoms in total. The quantitative estimate of drug-likeness (QED) is 0.800.